The van der Waals surface area contributed by atoms with Gasteiger partial charge in [0.2, 0.25) is 5.57 Å². The second-order valence-corrected chi connectivity index (χ2v) is 4.34. The first-order chi connectivity index (χ1) is 11.1. The first-order valence-corrected chi connectivity index (χ1v) is 6.56. The van der Waals surface area contributed by atoms with Crippen molar-refractivity contribution in [1.29, 1.82) is 0 Å². The zero-order chi connectivity index (χ0) is 16.7. The topological polar surface area (TPSA) is 50.2 Å². The predicted molar refractivity (Wildman–Crippen MR) is 81.1 cm³/mol. The van der Waals surface area contributed by atoms with Gasteiger partial charge in [-0.15, -0.1) is 12.1 Å². The van der Waals surface area contributed by atoms with Crippen LogP contribution in [0.1, 0.15) is 0 Å². The minimum absolute atomic E-state index is 0. The van der Waals surface area contributed by atoms with E-state index in [1.807, 2.05) is 0 Å². The standard InChI is InChI=1S/C11H6F2N.C7H4O2.Ir/c12-8-4-5-9(10(13)7-8)11-3-1-2-6-14-11;8-7(9)6-4-2-1-3-5-6;/h1-4,6-7H;1-4H;/q-1;;/p+1. The molecule has 1 aromatic heterocycles. The van der Waals surface area contributed by atoms with Gasteiger partial charge in [-0.2, -0.15) is 4.79 Å². The molecule has 3 rings (SSSR count). The third kappa shape index (κ3) is 5.60. The van der Waals surface area contributed by atoms with Gasteiger partial charge in [-0.05, 0) is 11.8 Å². The van der Waals surface area contributed by atoms with Crippen molar-refractivity contribution in [2.75, 3.05) is 0 Å². The Morgan fingerprint density at radius 1 is 1.25 bits per heavy atom. The van der Waals surface area contributed by atoms with Gasteiger partial charge >= 0.3 is 5.97 Å². The molecule has 1 aliphatic rings. The van der Waals surface area contributed by atoms with E-state index in [1.54, 1.807) is 42.6 Å². The molecule has 0 spiro atoms. The summed E-state index contributed by atoms with van der Waals surface area (Å²) >= 11 is 0. The number of aliphatic carboxylic acids is 1. The van der Waals surface area contributed by atoms with Crippen LogP contribution in [0.2, 0.25) is 0 Å². The third-order valence-electron chi connectivity index (χ3n) is 2.72. The average molecular weight is 504 g/mol. The second kappa shape index (κ2) is 9.58. The van der Waals surface area contributed by atoms with Crippen LogP contribution in [0, 0.1) is 23.8 Å². The van der Waals surface area contributed by atoms with Crippen LogP contribution in [0.15, 0.2) is 66.4 Å². The molecule has 0 atom stereocenters. The molecule has 2 aromatic rings. The van der Waals surface area contributed by atoms with Crippen LogP contribution >= 0.6 is 0 Å². The fourth-order valence-electron chi connectivity index (χ4n) is 1.68. The van der Waals surface area contributed by atoms with E-state index in [-0.39, 0.29) is 31.2 Å². The van der Waals surface area contributed by atoms with Crippen molar-refractivity contribution in [1.82, 2.24) is 4.98 Å². The fraction of sp³-hybridized carbons (Fsp3) is 0. The number of nitrogens with zero attached hydrogens (tertiary/aromatic N) is 1. The van der Waals surface area contributed by atoms with E-state index in [0.717, 1.165) is 12.1 Å². The number of carboxylic acid groups (broad SMARTS) is 1. The Balaban J connectivity index is 0.000000252. The number of hydrogen-bond acceptors (Lipinski definition) is 2. The Morgan fingerprint density at radius 2 is 2.04 bits per heavy atom. The Hall–Kier alpha value is -2.52. The summed E-state index contributed by atoms with van der Waals surface area (Å²) in [6, 6.07) is 9.53. The minimum atomic E-state index is -0.935. The molecule has 123 valence electrons. The van der Waals surface area contributed by atoms with Crippen LogP contribution in [0.4, 0.5) is 8.78 Å². The predicted octanol–water partition coefficient (Wildman–Crippen LogP) is 3.75. The third-order valence-corrected chi connectivity index (χ3v) is 2.72. The second-order valence-electron chi connectivity index (χ2n) is 4.34. The van der Waals surface area contributed by atoms with Gasteiger partial charge in [-0.3, -0.25) is 8.78 Å². The van der Waals surface area contributed by atoms with Crippen molar-refractivity contribution in [3.63, 3.8) is 0 Å². The molecule has 6 heteroatoms. The minimum Gasteiger partial charge on any atom is -0.432 e. The number of carboxylic acids is 1. The molecule has 1 aliphatic carbocycles. The maximum Gasteiger partial charge on any atom is 0.429 e. The van der Waals surface area contributed by atoms with Crippen molar-refractivity contribution in [3.8, 4) is 11.3 Å². The summed E-state index contributed by atoms with van der Waals surface area (Å²) < 4.78 is 25.8. The molecular weight excluding hydrogens is 492 g/mol. The molecule has 0 bridgehead atoms. The number of benzene rings is 1. The first-order valence-electron chi connectivity index (χ1n) is 6.56. The molecule has 0 aliphatic heterocycles. The van der Waals surface area contributed by atoms with Crippen molar-refractivity contribution in [3.05, 3.63) is 90.2 Å². The summed E-state index contributed by atoms with van der Waals surface area (Å²) in [6.45, 7) is 0. The molecule has 0 unspecified atom stereocenters. The van der Waals surface area contributed by atoms with E-state index >= 15 is 0 Å². The molecule has 0 fully saturated rings. The monoisotopic (exact) mass is 504 g/mol. The maximum absolute atomic E-state index is 13.2. The molecular formula is C18H11F2IrNO2. The van der Waals surface area contributed by atoms with Crippen molar-refractivity contribution in [2.45, 2.75) is 0 Å². The van der Waals surface area contributed by atoms with E-state index in [9.17, 15) is 13.6 Å². The van der Waals surface area contributed by atoms with Crippen LogP contribution in [0.25, 0.3) is 11.3 Å². The molecule has 0 saturated heterocycles. The maximum atomic E-state index is 13.2. The molecule has 24 heavy (non-hydrogen) atoms. The van der Waals surface area contributed by atoms with Crippen LogP contribution in [-0.2, 0) is 24.9 Å². The number of halogens is 2. The summed E-state index contributed by atoms with van der Waals surface area (Å²) in [5, 5.41) is 8.35. The van der Waals surface area contributed by atoms with Gasteiger partial charge in [-0.1, -0.05) is 23.8 Å². The molecule has 1 N–H and O–H groups in total. The summed E-state index contributed by atoms with van der Waals surface area (Å²) in [5.41, 5.74) is 0.842. The van der Waals surface area contributed by atoms with Crippen LogP contribution in [0.3, 0.4) is 0 Å². The Kier molecular flexibility index (Phi) is 7.79. The summed E-state index contributed by atoms with van der Waals surface area (Å²) in [4.78, 5) is 14.1. The van der Waals surface area contributed by atoms with E-state index in [2.05, 4.69) is 17.1 Å². The van der Waals surface area contributed by atoms with Crippen molar-refractivity contribution >= 4 is 5.97 Å². The zero-order valence-corrected chi connectivity index (χ0v) is 14.6. The molecule has 0 amide bonds. The fourth-order valence-corrected chi connectivity index (χ4v) is 1.68. The number of aromatic nitrogens is 1. The van der Waals surface area contributed by atoms with Gasteiger partial charge in [0.15, 0.2) is 0 Å². The van der Waals surface area contributed by atoms with Gasteiger partial charge in [0.1, 0.15) is 0 Å². The average Bonchev–Trinajstić information content (AvgIpc) is 2.57. The number of rotatable bonds is 2. The van der Waals surface area contributed by atoms with E-state index in [4.69, 9.17) is 5.11 Å². The van der Waals surface area contributed by atoms with Crippen molar-refractivity contribution < 1.29 is 38.8 Å². The largest absolute Gasteiger partial charge is 0.432 e. The number of allylic oxidation sites excluding steroid dienone is 4. The smallest absolute Gasteiger partial charge is 0.429 e. The van der Waals surface area contributed by atoms with E-state index in [0.29, 0.717) is 5.69 Å². The molecule has 1 aromatic carbocycles. The van der Waals surface area contributed by atoms with Crippen LogP contribution in [0.5, 0.6) is 0 Å². The normalized spacial score (nSPS) is 11.3. The quantitative estimate of drug-likeness (QED) is 0.636. The van der Waals surface area contributed by atoms with E-state index in [1.165, 1.54) is 6.08 Å². The number of pyridine rings is 1. The van der Waals surface area contributed by atoms with Crippen molar-refractivity contribution in [2.24, 2.45) is 0 Å². The summed E-state index contributed by atoms with van der Waals surface area (Å²) in [5.74, 6) is -2.22. The number of carbonyl (C=O) groups is 1. The van der Waals surface area contributed by atoms with Gasteiger partial charge in [-0.25, -0.2) is 0 Å². The SMILES string of the molecule is Fc1c[c-]c(-c2ccccn2)c(F)c1.O=C(O)C1=CC=CC=[C+]1.[Ir]. The molecule has 1 radical (unpaired) electrons. The van der Waals surface area contributed by atoms with Gasteiger partial charge in [0.05, 0.1) is 6.08 Å². The molecule has 0 saturated carbocycles. The van der Waals surface area contributed by atoms with Gasteiger partial charge in [0, 0.05) is 62.2 Å². The summed E-state index contributed by atoms with van der Waals surface area (Å²) in [7, 11) is 0. The Bertz CT molecular complexity index is 787. The summed E-state index contributed by atoms with van der Waals surface area (Å²) in [6.07, 6.45) is 10.6. The molecule has 3 nitrogen and oxygen atoms in total. The first kappa shape index (κ1) is 19.5. The van der Waals surface area contributed by atoms with Crippen LogP contribution in [-0.4, -0.2) is 16.1 Å². The molecule has 1 heterocycles. The van der Waals surface area contributed by atoms with Gasteiger partial charge < -0.3 is 10.1 Å². The van der Waals surface area contributed by atoms with E-state index < -0.39 is 17.6 Å². The zero-order valence-electron chi connectivity index (χ0n) is 12.2. The van der Waals surface area contributed by atoms with Gasteiger partial charge in [0.25, 0.3) is 0 Å². The number of hydrogen-bond donors (Lipinski definition) is 1. The Morgan fingerprint density at radius 3 is 2.54 bits per heavy atom. The Labute approximate surface area is 151 Å². The van der Waals surface area contributed by atoms with Crippen LogP contribution < -0.4 is 0 Å².